The molecule has 6 heteroatoms. The Hall–Kier alpha value is -1.95. The third-order valence-electron chi connectivity index (χ3n) is 2.66. The molecule has 1 saturated heterocycles. The lowest BCUT2D eigenvalue weighted by Gasteiger charge is -2.27. The van der Waals surface area contributed by atoms with Gasteiger partial charge in [0.2, 0.25) is 11.8 Å². The van der Waals surface area contributed by atoms with Crippen LogP contribution in [0.3, 0.4) is 0 Å². The fourth-order valence-electron chi connectivity index (χ4n) is 1.71. The zero-order valence-corrected chi connectivity index (χ0v) is 10.4. The topological polar surface area (TPSA) is 69.6 Å². The molecule has 0 bridgehead atoms. The van der Waals surface area contributed by atoms with Crippen molar-refractivity contribution >= 4 is 29.1 Å². The van der Waals surface area contributed by atoms with Crippen LogP contribution in [0.5, 0.6) is 5.75 Å². The highest BCUT2D eigenvalue weighted by molar-refractivity contribution is 7.80. The first-order valence-corrected chi connectivity index (χ1v) is 5.89. The van der Waals surface area contributed by atoms with E-state index in [-0.39, 0.29) is 29.1 Å². The third-order valence-corrected chi connectivity index (χ3v) is 2.99. The summed E-state index contributed by atoms with van der Waals surface area (Å²) in [6.45, 7) is 0.419. The summed E-state index contributed by atoms with van der Waals surface area (Å²) in [7, 11) is 0. The lowest BCUT2D eigenvalue weighted by atomic mass is 10.1. The molecule has 0 atom stereocenters. The standard InChI is InChI=1S/C12H12N2O3S/c15-9-3-1-8(2-4-9)5-6-14-11(17)7-10(16)13-12(14)18/h1-4,15H,5-7H2,(H,13,16,18). The maximum absolute atomic E-state index is 11.6. The highest BCUT2D eigenvalue weighted by Crippen LogP contribution is 2.11. The number of hydrogen-bond donors (Lipinski definition) is 2. The predicted octanol–water partition coefficient (Wildman–Crippen LogP) is 0.568. The molecular formula is C12H12N2O3S. The SMILES string of the molecule is O=C1CC(=O)N(CCc2ccc(O)cc2)C(=S)N1. The first kappa shape index (κ1) is 12.5. The molecule has 18 heavy (non-hydrogen) atoms. The summed E-state index contributed by atoms with van der Waals surface area (Å²) in [6.07, 6.45) is 0.456. The molecule has 2 amide bonds. The molecule has 0 spiro atoms. The number of aromatic hydroxyl groups is 1. The van der Waals surface area contributed by atoms with Crippen molar-refractivity contribution < 1.29 is 14.7 Å². The highest BCUT2D eigenvalue weighted by Gasteiger charge is 2.27. The van der Waals surface area contributed by atoms with Crippen LogP contribution in [-0.4, -0.2) is 33.5 Å². The van der Waals surface area contributed by atoms with Crippen molar-refractivity contribution in [3.8, 4) is 5.75 Å². The zero-order chi connectivity index (χ0) is 13.1. The molecule has 0 aromatic heterocycles. The van der Waals surface area contributed by atoms with Crippen LogP contribution in [-0.2, 0) is 16.0 Å². The number of benzene rings is 1. The number of phenolic OH excluding ortho intramolecular Hbond substituents is 1. The van der Waals surface area contributed by atoms with Gasteiger partial charge in [0.25, 0.3) is 0 Å². The molecule has 0 radical (unpaired) electrons. The van der Waals surface area contributed by atoms with Crippen LogP contribution < -0.4 is 5.32 Å². The smallest absolute Gasteiger partial charge is 0.238 e. The van der Waals surface area contributed by atoms with Crippen LogP contribution in [0.1, 0.15) is 12.0 Å². The summed E-state index contributed by atoms with van der Waals surface area (Å²) in [5.74, 6) is -0.427. The summed E-state index contributed by atoms with van der Waals surface area (Å²) in [5.41, 5.74) is 0.986. The zero-order valence-electron chi connectivity index (χ0n) is 9.55. The van der Waals surface area contributed by atoms with Crippen LogP contribution in [0.15, 0.2) is 24.3 Å². The second kappa shape index (κ2) is 5.14. The summed E-state index contributed by atoms with van der Waals surface area (Å²) >= 11 is 4.95. The Kier molecular flexibility index (Phi) is 3.57. The molecule has 2 rings (SSSR count). The van der Waals surface area contributed by atoms with Crippen LogP contribution >= 0.6 is 12.2 Å². The number of carbonyl (C=O) groups is 2. The van der Waals surface area contributed by atoms with Gasteiger partial charge in [-0.3, -0.25) is 14.5 Å². The van der Waals surface area contributed by atoms with E-state index in [1.54, 1.807) is 24.3 Å². The van der Waals surface area contributed by atoms with Crippen LogP contribution in [0, 0.1) is 0 Å². The van der Waals surface area contributed by atoms with E-state index in [1.165, 1.54) is 4.90 Å². The molecule has 94 valence electrons. The fraction of sp³-hybridized carbons (Fsp3) is 0.250. The van der Waals surface area contributed by atoms with Crippen molar-refractivity contribution in [2.75, 3.05) is 6.54 Å². The van der Waals surface area contributed by atoms with Gasteiger partial charge in [0, 0.05) is 6.54 Å². The van der Waals surface area contributed by atoms with E-state index >= 15 is 0 Å². The first-order valence-electron chi connectivity index (χ1n) is 5.48. The van der Waals surface area contributed by atoms with E-state index in [0.717, 1.165) is 5.56 Å². The lowest BCUT2D eigenvalue weighted by molar-refractivity contribution is -0.134. The monoisotopic (exact) mass is 264 g/mol. The number of nitrogens with one attached hydrogen (secondary N) is 1. The average Bonchev–Trinajstić information content (AvgIpc) is 2.30. The fourth-order valence-corrected chi connectivity index (χ4v) is 2.01. The third kappa shape index (κ3) is 2.84. The Bertz CT molecular complexity index is 479. The van der Waals surface area contributed by atoms with Gasteiger partial charge in [-0.25, -0.2) is 0 Å². The average molecular weight is 264 g/mol. The van der Waals surface area contributed by atoms with Crippen molar-refractivity contribution in [2.45, 2.75) is 12.8 Å². The number of nitrogens with zero attached hydrogens (tertiary/aromatic N) is 1. The molecule has 1 aliphatic rings. The second-order valence-corrected chi connectivity index (χ2v) is 4.38. The molecule has 1 aliphatic heterocycles. The molecule has 1 aromatic carbocycles. The van der Waals surface area contributed by atoms with E-state index in [4.69, 9.17) is 17.3 Å². The molecular weight excluding hydrogens is 252 g/mol. The van der Waals surface area contributed by atoms with E-state index < -0.39 is 0 Å². The number of rotatable bonds is 3. The first-order chi connectivity index (χ1) is 8.56. The lowest BCUT2D eigenvalue weighted by Crippen LogP contribution is -2.53. The highest BCUT2D eigenvalue weighted by atomic mass is 32.1. The van der Waals surface area contributed by atoms with Gasteiger partial charge in [0.05, 0.1) is 0 Å². The van der Waals surface area contributed by atoms with Gasteiger partial charge >= 0.3 is 0 Å². The minimum absolute atomic E-state index is 0.157. The summed E-state index contributed by atoms with van der Waals surface area (Å²) in [6, 6.07) is 6.75. The van der Waals surface area contributed by atoms with Gasteiger partial charge < -0.3 is 10.4 Å². The van der Waals surface area contributed by atoms with Crippen molar-refractivity contribution in [2.24, 2.45) is 0 Å². The van der Waals surface area contributed by atoms with Crippen LogP contribution in [0.2, 0.25) is 0 Å². The molecule has 0 aliphatic carbocycles. The Labute approximate surface area is 109 Å². The van der Waals surface area contributed by atoms with Gasteiger partial charge in [-0.2, -0.15) is 0 Å². The Morgan fingerprint density at radius 2 is 1.94 bits per heavy atom. The van der Waals surface area contributed by atoms with Gasteiger partial charge in [0.1, 0.15) is 12.2 Å². The molecule has 1 fully saturated rings. The largest absolute Gasteiger partial charge is 0.508 e. The van der Waals surface area contributed by atoms with Crippen molar-refractivity contribution in [3.05, 3.63) is 29.8 Å². The Morgan fingerprint density at radius 1 is 1.28 bits per heavy atom. The van der Waals surface area contributed by atoms with Gasteiger partial charge in [-0.15, -0.1) is 0 Å². The van der Waals surface area contributed by atoms with Gasteiger partial charge in [-0.1, -0.05) is 12.1 Å². The summed E-state index contributed by atoms with van der Waals surface area (Å²) in [4.78, 5) is 24.1. The molecule has 0 unspecified atom stereocenters. The molecule has 2 N–H and O–H groups in total. The van der Waals surface area contributed by atoms with Gasteiger partial charge in [-0.05, 0) is 36.3 Å². The quantitative estimate of drug-likeness (QED) is 0.618. The normalized spacial score (nSPS) is 15.8. The minimum atomic E-state index is -0.356. The van der Waals surface area contributed by atoms with E-state index in [0.29, 0.717) is 13.0 Å². The Balaban J connectivity index is 1.97. The number of hydrogen-bond acceptors (Lipinski definition) is 4. The Morgan fingerprint density at radius 3 is 2.56 bits per heavy atom. The van der Waals surface area contributed by atoms with E-state index in [1.807, 2.05) is 0 Å². The summed E-state index contributed by atoms with van der Waals surface area (Å²) < 4.78 is 0. The predicted molar refractivity (Wildman–Crippen MR) is 68.9 cm³/mol. The van der Waals surface area contributed by atoms with Crippen LogP contribution in [0.25, 0.3) is 0 Å². The van der Waals surface area contributed by atoms with Crippen molar-refractivity contribution in [1.29, 1.82) is 0 Å². The minimum Gasteiger partial charge on any atom is -0.508 e. The number of carbonyl (C=O) groups excluding carboxylic acids is 2. The molecule has 5 nitrogen and oxygen atoms in total. The number of thiocarbonyl (C=S) groups is 1. The molecule has 1 heterocycles. The maximum Gasteiger partial charge on any atom is 0.238 e. The maximum atomic E-state index is 11.6. The number of phenols is 1. The van der Waals surface area contributed by atoms with Crippen molar-refractivity contribution in [3.63, 3.8) is 0 Å². The van der Waals surface area contributed by atoms with Crippen LogP contribution in [0.4, 0.5) is 0 Å². The number of amides is 2. The molecule has 1 aromatic rings. The van der Waals surface area contributed by atoms with E-state index in [2.05, 4.69) is 5.32 Å². The summed E-state index contributed by atoms with van der Waals surface area (Å²) in [5, 5.41) is 11.8. The van der Waals surface area contributed by atoms with E-state index in [9.17, 15) is 9.59 Å². The molecule has 0 saturated carbocycles. The van der Waals surface area contributed by atoms with Gasteiger partial charge in [0.15, 0.2) is 5.11 Å². The van der Waals surface area contributed by atoms with Crippen molar-refractivity contribution in [1.82, 2.24) is 10.2 Å². The second-order valence-electron chi connectivity index (χ2n) is 3.99.